The van der Waals surface area contributed by atoms with Crippen molar-refractivity contribution in [3.05, 3.63) is 48.0 Å². The van der Waals surface area contributed by atoms with Gasteiger partial charge in [0.05, 0.1) is 12.8 Å². The Labute approximate surface area is 159 Å². The van der Waals surface area contributed by atoms with Crippen LogP contribution in [0.1, 0.15) is 26.3 Å². The highest BCUT2D eigenvalue weighted by molar-refractivity contribution is 6.01. The van der Waals surface area contributed by atoms with Gasteiger partial charge in [0.2, 0.25) is 11.8 Å². The van der Waals surface area contributed by atoms with Gasteiger partial charge in [-0.1, -0.05) is 18.2 Å². The van der Waals surface area contributed by atoms with E-state index < -0.39 is 6.04 Å². The molecule has 0 fully saturated rings. The predicted octanol–water partition coefficient (Wildman–Crippen LogP) is 3.43. The maximum absolute atomic E-state index is 13.1. The lowest BCUT2D eigenvalue weighted by Gasteiger charge is -2.27. The second-order valence-electron chi connectivity index (χ2n) is 6.85. The lowest BCUT2D eigenvalue weighted by atomic mass is 10.1. The SMILES string of the molecule is COc1ccc(NC(C)=O)cc1N[C@H](C)C(=O)N1c2ccccc2C[C@H]1C. The molecule has 6 nitrogen and oxygen atoms in total. The topological polar surface area (TPSA) is 70.7 Å². The van der Waals surface area contributed by atoms with E-state index >= 15 is 0 Å². The standard InChI is InChI=1S/C21H25N3O3/c1-13-11-16-7-5-6-8-19(16)24(13)21(26)14(2)22-18-12-17(23-15(3)25)9-10-20(18)27-4/h5-10,12-14,22H,11H2,1-4H3,(H,23,25)/t13-,14-/m1/s1. The number of anilines is 3. The van der Waals surface area contributed by atoms with Gasteiger partial charge in [0.15, 0.2) is 0 Å². The molecule has 3 rings (SSSR count). The van der Waals surface area contributed by atoms with E-state index in [-0.39, 0.29) is 17.9 Å². The fourth-order valence-corrected chi connectivity index (χ4v) is 3.51. The van der Waals surface area contributed by atoms with Crippen LogP contribution in [0.15, 0.2) is 42.5 Å². The van der Waals surface area contributed by atoms with Gasteiger partial charge in [0, 0.05) is 24.3 Å². The van der Waals surface area contributed by atoms with Crippen LogP contribution < -0.4 is 20.3 Å². The zero-order chi connectivity index (χ0) is 19.6. The molecule has 0 aliphatic carbocycles. The monoisotopic (exact) mass is 367 g/mol. The van der Waals surface area contributed by atoms with E-state index in [4.69, 9.17) is 4.74 Å². The van der Waals surface area contributed by atoms with Gasteiger partial charge in [-0.05, 0) is 50.1 Å². The van der Waals surface area contributed by atoms with Gasteiger partial charge in [-0.3, -0.25) is 9.59 Å². The molecule has 0 bridgehead atoms. The Hall–Kier alpha value is -3.02. The van der Waals surface area contributed by atoms with Gasteiger partial charge in [-0.15, -0.1) is 0 Å². The van der Waals surface area contributed by atoms with Gasteiger partial charge in [-0.25, -0.2) is 0 Å². The Bertz CT molecular complexity index is 866. The van der Waals surface area contributed by atoms with E-state index in [0.717, 1.165) is 12.1 Å². The van der Waals surface area contributed by atoms with E-state index in [9.17, 15) is 9.59 Å². The Balaban J connectivity index is 1.82. The van der Waals surface area contributed by atoms with Crippen LogP contribution in [0, 0.1) is 0 Å². The minimum Gasteiger partial charge on any atom is -0.495 e. The van der Waals surface area contributed by atoms with Crippen molar-refractivity contribution in [2.75, 3.05) is 22.6 Å². The summed E-state index contributed by atoms with van der Waals surface area (Å²) in [5.41, 5.74) is 3.47. The number of para-hydroxylation sites is 1. The molecule has 2 N–H and O–H groups in total. The van der Waals surface area contributed by atoms with Crippen LogP contribution in [0.3, 0.4) is 0 Å². The van der Waals surface area contributed by atoms with Crippen LogP contribution in [0.4, 0.5) is 17.1 Å². The number of methoxy groups -OCH3 is 1. The maximum Gasteiger partial charge on any atom is 0.249 e. The van der Waals surface area contributed by atoms with Crippen molar-refractivity contribution in [3.63, 3.8) is 0 Å². The third-order valence-electron chi connectivity index (χ3n) is 4.71. The molecule has 2 aromatic rings. The molecule has 0 unspecified atom stereocenters. The fourth-order valence-electron chi connectivity index (χ4n) is 3.51. The number of fused-ring (bicyclic) bond motifs is 1. The van der Waals surface area contributed by atoms with Crippen molar-refractivity contribution in [2.45, 2.75) is 39.3 Å². The molecule has 2 atom stereocenters. The number of benzene rings is 2. The number of ether oxygens (including phenoxy) is 1. The molecule has 27 heavy (non-hydrogen) atoms. The van der Waals surface area contributed by atoms with Crippen molar-refractivity contribution in [1.82, 2.24) is 0 Å². The van der Waals surface area contributed by atoms with Crippen molar-refractivity contribution in [1.29, 1.82) is 0 Å². The Kier molecular flexibility index (Phi) is 5.35. The third-order valence-corrected chi connectivity index (χ3v) is 4.71. The normalized spacial score (nSPS) is 16.4. The first-order chi connectivity index (χ1) is 12.9. The van der Waals surface area contributed by atoms with Gasteiger partial charge < -0.3 is 20.3 Å². The number of carbonyl (C=O) groups excluding carboxylic acids is 2. The number of hydrogen-bond donors (Lipinski definition) is 2. The van der Waals surface area contributed by atoms with Crippen LogP contribution in [-0.2, 0) is 16.0 Å². The van der Waals surface area contributed by atoms with Gasteiger partial charge in [0.1, 0.15) is 11.8 Å². The summed E-state index contributed by atoms with van der Waals surface area (Å²) in [7, 11) is 1.57. The van der Waals surface area contributed by atoms with Gasteiger partial charge in [-0.2, -0.15) is 0 Å². The number of nitrogens with zero attached hydrogens (tertiary/aromatic N) is 1. The average Bonchev–Trinajstić information content (AvgIpc) is 2.96. The van der Waals surface area contributed by atoms with Crippen LogP contribution >= 0.6 is 0 Å². The summed E-state index contributed by atoms with van der Waals surface area (Å²) in [6, 6.07) is 13.0. The van der Waals surface area contributed by atoms with Gasteiger partial charge in [0.25, 0.3) is 0 Å². The smallest absolute Gasteiger partial charge is 0.249 e. The molecule has 0 saturated heterocycles. The summed E-state index contributed by atoms with van der Waals surface area (Å²) in [4.78, 5) is 26.3. The summed E-state index contributed by atoms with van der Waals surface area (Å²) >= 11 is 0. The van der Waals surface area contributed by atoms with Crippen LogP contribution in [0.5, 0.6) is 5.75 Å². The first-order valence-corrected chi connectivity index (χ1v) is 9.04. The summed E-state index contributed by atoms with van der Waals surface area (Å²) in [6.07, 6.45) is 0.857. The molecule has 1 aliphatic heterocycles. The molecule has 0 spiro atoms. The van der Waals surface area contributed by atoms with Crippen molar-refractivity contribution < 1.29 is 14.3 Å². The first kappa shape index (κ1) is 18.8. The lowest BCUT2D eigenvalue weighted by molar-refractivity contribution is -0.119. The van der Waals surface area contributed by atoms with E-state index in [1.54, 1.807) is 25.3 Å². The zero-order valence-corrected chi connectivity index (χ0v) is 16.1. The molecule has 2 amide bonds. The number of carbonyl (C=O) groups is 2. The number of nitrogens with one attached hydrogen (secondary N) is 2. The van der Waals surface area contributed by atoms with Gasteiger partial charge >= 0.3 is 0 Å². The maximum atomic E-state index is 13.1. The van der Waals surface area contributed by atoms with Crippen molar-refractivity contribution in [3.8, 4) is 5.75 Å². The van der Waals surface area contributed by atoms with Crippen molar-refractivity contribution in [2.24, 2.45) is 0 Å². The molecule has 0 aromatic heterocycles. The second kappa shape index (κ2) is 7.70. The summed E-state index contributed by atoms with van der Waals surface area (Å²) in [5.74, 6) is 0.454. The Morgan fingerprint density at radius 2 is 1.96 bits per heavy atom. The Morgan fingerprint density at radius 3 is 2.67 bits per heavy atom. The molecule has 1 aliphatic rings. The molecular formula is C21H25N3O3. The van der Waals surface area contributed by atoms with E-state index in [2.05, 4.69) is 23.6 Å². The number of rotatable bonds is 5. The highest BCUT2D eigenvalue weighted by Crippen LogP contribution is 2.33. The highest BCUT2D eigenvalue weighted by atomic mass is 16.5. The van der Waals surface area contributed by atoms with Crippen LogP contribution in [-0.4, -0.2) is 31.0 Å². The summed E-state index contributed by atoms with van der Waals surface area (Å²) < 4.78 is 5.39. The number of amides is 2. The second-order valence-corrected chi connectivity index (χ2v) is 6.85. The average molecular weight is 367 g/mol. The molecule has 0 saturated carbocycles. The summed E-state index contributed by atoms with van der Waals surface area (Å²) in [5, 5.41) is 5.98. The van der Waals surface area contributed by atoms with Crippen LogP contribution in [0.25, 0.3) is 0 Å². The quantitative estimate of drug-likeness (QED) is 0.849. The largest absolute Gasteiger partial charge is 0.495 e. The fraction of sp³-hybridized carbons (Fsp3) is 0.333. The number of hydrogen-bond acceptors (Lipinski definition) is 4. The minimum absolute atomic E-state index is 0.000525. The molecule has 6 heteroatoms. The predicted molar refractivity (Wildman–Crippen MR) is 107 cm³/mol. The molecule has 0 radical (unpaired) electrons. The lowest BCUT2D eigenvalue weighted by Crippen LogP contribution is -2.44. The molecule has 2 aromatic carbocycles. The van der Waals surface area contributed by atoms with E-state index in [1.165, 1.54) is 12.5 Å². The summed E-state index contributed by atoms with van der Waals surface area (Å²) in [6.45, 7) is 5.35. The third kappa shape index (κ3) is 3.89. The first-order valence-electron chi connectivity index (χ1n) is 9.04. The highest BCUT2D eigenvalue weighted by Gasteiger charge is 2.33. The molecule has 142 valence electrons. The van der Waals surface area contributed by atoms with E-state index in [0.29, 0.717) is 17.1 Å². The minimum atomic E-state index is -0.458. The van der Waals surface area contributed by atoms with E-state index in [1.807, 2.05) is 30.0 Å². The van der Waals surface area contributed by atoms with Crippen LogP contribution in [0.2, 0.25) is 0 Å². The molecule has 1 heterocycles. The molecular weight excluding hydrogens is 342 g/mol. The Morgan fingerprint density at radius 1 is 1.22 bits per heavy atom. The zero-order valence-electron chi connectivity index (χ0n) is 16.1. The van der Waals surface area contributed by atoms with Crippen molar-refractivity contribution >= 4 is 28.9 Å².